The molecule has 1 amide bonds. The van der Waals surface area contributed by atoms with Gasteiger partial charge < -0.3 is 20.5 Å². The van der Waals surface area contributed by atoms with Crippen LogP contribution in [0.1, 0.15) is 47.8 Å². The molecule has 0 aromatic heterocycles. The van der Waals surface area contributed by atoms with Gasteiger partial charge in [-0.15, -0.1) is 0 Å². The lowest BCUT2D eigenvalue weighted by atomic mass is 10.0. The highest BCUT2D eigenvalue weighted by molar-refractivity contribution is 6.00. The smallest absolute Gasteiger partial charge is 0.335 e. The predicted octanol–water partition coefficient (Wildman–Crippen LogP) is 3.11. The molecule has 2 atom stereocenters. The number of carbonyl (C=O) groups excluding carboxylic acids is 1. The topological polar surface area (TPSA) is 92.9 Å². The molecule has 3 rings (SSSR count). The van der Waals surface area contributed by atoms with Crippen molar-refractivity contribution in [1.29, 1.82) is 0 Å². The quantitative estimate of drug-likeness (QED) is 0.860. The Kier molecular flexibility index (Phi) is 4.95. The van der Waals surface area contributed by atoms with Gasteiger partial charge in [-0.3, -0.25) is 4.79 Å². The van der Waals surface area contributed by atoms with Gasteiger partial charge in [0.1, 0.15) is 5.75 Å². The predicted molar refractivity (Wildman–Crippen MR) is 98.3 cm³/mol. The summed E-state index contributed by atoms with van der Waals surface area (Å²) >= 11 is 0. The molecule has 0 fully saturated rings. The number of carbonyl (C=O) groups is 2. The van der Waals surface area contributed by atoms with Gasteiger partial charge in [0.05, 0.1) is 17.8 Å². The molecule has 2 aromatic rings. The molecule has 26 heavy (non-hydrogen) atoms. The van der Waals surface area contributed by atoms with Crippen molar-refractivity contribution in [3.05, 3.63) is 59.2 Å². The summed E-state index contributed by atoms with van der Waals surface area (Å²) in [7, 11) is 0. The molecule has 136 valence electrons. The van der Waals surface area contributed by atoms with E-state index in [0.29, 0.717) is 24.4 Å². The summed E-state index contributed by atoms with van der Waals surface area (Å²) in [5.74, 6) is -0.427. The molecule has 6 heteroatoms. The van der Waals surface area contributed by atoms with Crippen LogP contribution in [0, 0.1) is 0 Å². The van der Waals surface area contributed by atoms with Crippen molar-refractivity contribution < 1.29 is 19.4 Å². The number of benzene rings is 2. The third-order valence-corrected chi connectivity index (χ3v) is 4.52. The maximum atomic E-state index is 12.9. The fourth-order valence-corrected chi connectivity index (χ4v) is 2.98. The zero-order valence-corrected chi connectivity index (χ0v) is 14.8. The highest BCUT2D eigenvalue weighted by Crippen LogP contribution is 2.37. The summed E-state index contributed by atoms with van der Waals surface area (Å²) in [5.41, 5.74) is 8.65. The number of carboxylic acids is 1. The van der Waals surface area contributed by atoms with E-state index in [9.17, 15) is 9.59 Å². The Morgan fingerprint density at radius 1 is 1.27 bits per heavy atom. The summed E-state index contributed by atoms with van der Waals surface area (Å²) in [4.78, 5) is 25.6. The Labute approximate surface area is 152 Å². The molecular weight excluding hydrogens is 332 g/mol. The zero-order valence-electron chi connectivity index (χ0n) is 14.8. The number of ether oxygens (including phenoxy) is 1. The van der Waals surface area contributed by atoms with Gasteiger partial charge in [0, 0.05) is 6.04 Å². The minimum atomic E-state index is -0.975. The maximum absolute atomic E-state index is 12.9. The molecule has 0 bridgehead atoms. The number of rotatable bonds is 5. The number of nitrogens with zero attached hydrogens (tertiary/aromatic N) is 1. The molecule has 0 saturated heterocycles. The second-order valence-electron chi connectivity index (χ2n) is 6.46. The van der Waals surface area contributed by atoms with Crippen LogP contribution < -0.4 is 15.4 Å². The molecule has 6 nitrogen and oxygen atoms in total. The molecule has 1 aliphatic heterocycles. The number of anilines is 1. The van der Waals surface area contributed by atoms with Crippen molar-refractivity contribution in [1.82, 2.24) is 0 Å². The Bertz CT molecular complexity index is 830. The summed E-state index contributed by atoms with van der Waals surface area (Å²) < 4.78 is 5.84. The second-order valence-corrected chi connectivity index (χ2v) is 6.46. The Balaban J connectivity index is 1.97. The molecule has 1 aliphatic rings. The van der Waals surface area contributed by atoms with Crippen molar-refractivity contribution in [3.8, 4) is 5.75 Å². The van der Waals surface area contributed by atoms with E-state index >= 15 is 0 Å². The monoisotopic (exact) mass is 354 g/mol. The zero-order chi connectivity index (χ0) is 18.8. The molecular formula is C20H22N2O4. The molecule has 0 saturated carbocycles. The molecule has 0 aliphatic carbocycles. The Morgan fingerprint density at radius 3 is 2.54 bits per heavy atom. The standard InChI is InChI=1S/C20H22N2O4/c1-3-17-19(23)22(11-13-4-6-14(7-5-13)20(24)25)16-10-15(12(2)21)8-9-18(16)26-17/h4-10,12,17H,3,11,21H2,1-2H3,(H,24,25). The van der Waals surface area contributed by atoms with Crippen LogP contribution in [0.2, 0.25) is 0 Å². The number of fused-ring (bicyclic) bond motifs is 1. The average Bonchev–Trinajstić information content (AvgIpc) is 2.63. The van der Waals surface area contributed by atoms with Crippen molar-refractivity contribution >= 4 is 17.6 Å². The number of hydrogen-bond acceptors (Lipinski definition) is 4. The normalized spacial score (nSPS) is 17.4. The molecule has 3 N–H and O–H groups in total. The molecule has 2 unspecified atom stereocenters. The first-order chi connectivity index (χ1) is 12.4. The van der Waals surface area contributed by atoms with Gasteiger partial charge in [-0.05, 0) is 48.7 Å². The third-order valence-electron chi connectivity index (χ3n) is 4.52. The molecule has 0 radical (unpaired) electrons. The van der Waals surface area contributed by atoms with E-state index in [1.807, 2.05) is 32.0 Å². The van der Waals surface area contributed by atoms with Crippen molar-refractivity contribution in [2.24, 2.45) is 5.73 Å². The third kappa shape index (κ3) is 3.41. The van der Waals surface area contributed by atoms with E-state index in [1.54, 1.807) is 29.2 Å². The van der Waals surface area contributed by atoms with E-state index in [4.69, 9.17) is 15.6 Å². The Hall–Kier alpha value is -2.86. The van der Waals surface area contributed by atoms with Gasteiger partial charge in [0.2, 0.25) is 0 Å². The fraction of sp³-hybridized carbons (Fsp3) is 0.300. The lowest BCUT2D eigenvalue weighted by molar-refractivity contribution is -0.126. The number of aromatic carboxylic acids is 1. The molecule has 2 aromatic carbocycles. The van der Waals surface area contributed by atoms with Crippen molar-refractivity contribution in [3.63, 3.8) is 0 Å². The largest absolute Gasteiger partial charge is 0.478 e. The van der Waals surface area contributed by atoms with Crippen LogP contribution in [0.4, 0.5) is 5.69 Å². The number of carboxylic acid groups (broad SMARTS) is 1. The number of amides is 1. The maximum Gasteiger partial charge on any atom is 0.335 e. The number of nitrogens with two attached hydrogens (primary N) is 1. The summed E-state index contributed by atoms with van der Waals surface area (Å²) in [6.45, 7) is 4.13. The van der Waals surface area contributed by atoms with Crippen LogP contribution >= 0.6 is 0 Å². The molecule has 1 heterocycles. The van der Waals surface area contributed by atoms with Crippen molar-refractivity contribution in [2.45, 2.75) is 39.0 Å². The van der Waals surface area contributed by atoms with Crippen LogP contribution in [0.5, 0.6) is 5.75 Å². The Morgan fingerprint density at radius 2 is 1.96 bits per heavy atom. The van der Waals surface area contributed by atoms with E-state index < -0.39 is 12.1 Å². The van der Waals surface area contributed by atoms with Gasteiger partial charge >= 0.3 is 5.97 Å². The summed E-state index contributed by atoms with van der Waals surface area (Å²) in [6, 6.07) is 12.0. The van der Waals surface area contributed by atoms with E-state index in [-0.39, 0.29) is 17.5 Å². The minimum absolute atomic E-state index is 0.107. The summed E-state index contributed by atoms with van der Waals surface area (Å²) in [6.07, 6.45) is 0.0452. The van der Waals surface area contributed by atoms with Crippen LogP contribution in [-0.4, -0.2) is 23.1 Å². The summed E-state index contributed by atoms with van der Waals surface area (Å²) in [5, 5.41) is 9.03. The second kappa shape index (κ2) is 7.17. The van der Waals surface area contributed by atoms with E-state index in [0.717, 1.165) is 11.1 Å². The average molecular weight is 354 g/mol. The van der Waals surface area contributed by atoms with Crippen LogP contribution in [0.25, 0.3) is 0 Å². The first-order valence-corrected chi connectivity index (χ1v) is 8.60. The van der Waals surface area contributed by atoms with E-state index in [1.165, 1.54) is 0 Å². The van der Waals surface area contributed by atoms with Gasteiger partial charge in [-0.1, -0.05) is 25.1 Å². The van der Waals surface area contributed by atoms with E-state index in [2.05, 4.69) is 0 Å². The highest BCUT2D eigenvalue weighted by Gasteiger charge is 2.33. The highest BCUT2D eigenvalue weighted by atomic mass is 16.5. The van der Waals surface area contributed by atoms with Gasteiger partial charge in [-0.25, -0.2) is 4.79 Å². The van der Waals surface area contributed by atoms with Crippen LogP contribution in [0.3, 0.4) is 0 Å². The van der Waals surface area contributed by atoms with Gasteiger partial charge in [0.15, 0.2) is 6.10 Å². The first-order valence-electron chi connectivity index (χ1n) is 8.60. The van der Waals surface area contributed by atoms with Gasteiger partial charge in [0.25, 0.3) is 5.91 Å². The van der Waals surface area contributed by atoms with Crippen LogP contribution in [-0.2, 0) is 11.3 Å². The lowest BCUT2D eigenvalue weighted by Crippen LogP contribution is -2.45. The van der Waals surface area contributed by atoms with Gasteiger partial charge in [-0.2, -0.15) is 0 Å². The fourth-order valence-electron chi connectivity index (χ4n) is 2.98. The minimum Gasteiger partial charge on any atom is -0.478 e. The van der Waals surface area contributed by atoms with Crippen molar-refractivity contribution in [2.75, 3.05) is 4.90 Å². The first kappa shape index (κ1) is 17.9. The molecule has 0 spiro atoms. The van der Waals surface area contributed by atoms with Crippen LogP contribution in [0.15, 0.2) is 42.5 Å². The lowest BCUT2D eigenvalue weighted by Gasteiger charge is -2.34. The number of hydrogen-bond donors (Lipinski definition) is 2. The SMILES string of the molecule is CCC1Oc2ccc(C(C)N)cc2N(Cc2ccc(C(=O)O)cc2)C1=O.